The number of H-pyrrole nitrogens is 1. The summed E-state index contributed by atoms with van der Waals surface area (Å²) in [6, 6.07) is 12.4. The molecule has 1 aromatic carbocycles. The van der Waals surface area contributed by atoms with Crippen LogP contribution in [0.5, 0.6) is 0 Å². The van der Waals surface area contributed by atoms with E-state index in [1.54, 1.807) is 24.5 Å². The van der Waals surface area contributed by atoms with Crippen LogP contribution in [0.4, 0.5) is 19.0 Å². The quantitative estimate of drug-likeness (QED) is 0.549. The zero-order valence-corrected chi connectivity index (χ0v) is 14.0. The van der Waals surface area contributed by atoms with Gasteiger partial charge in [-0.3, -0.25) is 4.98 Å². The molecule has 0 saturated heterocycles. The van der Waals surface area contributed by atoms with Crippen molar-refractivity contribution < 1.29 is 13.2 Å². The lowest BCUT2D eigenvalue weighted by molar-refractivity contribution is -0.137. The molecule has 0 aliphatic carbocycles. The number of aromatic amines is 1. The maximum Gasteiger partial charge on any atom is 0.416 e. The highest BCUT2D eigenvalue weighted by Crippen LogP contribution is 2.32. The molecule has 8 heteroatoms. The Hall–Kier alpha value is -3.42. The normalized spacial score (nSPS) is 11.7. The van der Waals surface area contributed by atoms with Crippen LogP contribution in [-0.4, -0.2) is 19.9 Å². The Balaban J connectivity index is 1.67. The fourth-order valence-electron chi connectivity index (χ4n) is 2.72. The molecule has 0 aliphatic heterocycles. The van der Waals surface area contributed by atoms with Gasteiger partial charge in [-0.05, 0) is 30.3 Å². The molecular weight excluding hydrogens is 355 g/mol. The second-order valence-corrected chi connectivity index (χ2v) is 5.89. The van der Waals surface area contributed by atoms with Gasteiger partial charge in [0.2, 0.25) is 0 Å². The van der Waals surface area contributed by atoms with Crippen LogP contribution in [0.2, 0.25) is 0 Å². The van der Waals surface area contributed by atoms with Crippen LogP contribution < -0.4 is 5.32 Å². The van der Waals surface area contributed by atoms with E-state index in [0.717, 1.165) is 17.8 Å². The molecular formula is C19H14F3N5. The summed E-state index contributed by atoms with van der Waals surface area (Å²) in [7, 11) is 0. The van der Waals surface area contributed by atoms with Gasteiger partial charge in [0.15, 0.2) is 5.82 Å². The van der Waals surface area contributed by atoms with E-state index in [9.17, 15) is 13.2 Å². The summed E-state index contributed by atoms with van der Waals surface area (Å²) < 4.78 is 38.9. The maximum absolute atomic E-state index is 13.0. The number of alkyl halides is 3. The Kier molecular flexibility index (Phi) is 4.23. The van der Waals surface area contributed by atoms with Gasteiger partial charge in [-0.15, -0.1) is 0 Å². The average molecular weight is 369 g/mol. The monoisotopic (exact) mass is 369 g/mol. The Morgan fingerprint density at radius 3 is 2.63 bits per heavy atom. The first-order chi connectivity index (χ1) is 13.0. The summed E-state index contributed by atoms with van der Waals surface area (Å²) in [4.78, 5) is 16.0. The van der Waals surface area contributed by atoms with E-state index in [4.69, 9.17) is 0 Å². The van der Waals surface area contributed by atoms with E-state index >= 15 is 0 Å². The second-order valence-electron chi connectivity index (χ2n) is 5.89. The van der Waals surface area contributed by atoms with Gasteiger partial charge >= 0.3 is 6.18 Å². The summed E-state index contributed by atoms with van der Waals surface area (Å²) in [6.45, 7) is 0.457. The number of pyridine rings is 2. The van der Waals surface area contributed by atoms with Crippen molar-refractivity contribution in [3.05, 3.63) is 72.2 Å². The highest BCUT2D eigenvalue weighted by atomic mass is 19.4. The standard InChI is InChI=1S/C19H14F3N5/c20-19(21,22)13-5-3-4-12(10-13)17-26-15-7-9-24-18(16(15)27-17)25-11-14-6-1-2-8-23-14/h1-10H,11H2,(H,24,25)(H,26,27). The van der Waals surface area contributed by atoms with Gasteiger partial charge in [-0.1, -0.05) is 18.2 Å². The molecule has 0 saturated carbocycles. The van der Waals surface area contributed by atoms with Gasteiger partial charge in [0.1, 0.15) is 11.3 Å². The fourth-order valence-corrected chi connectivity index (χ4v) is 2.72. The molecule has 0 spiro atoms. The molecule has 27 heavy (non-hydrogen) atoms. The molecule has 0 bridgehead atoms. The third kappa shape index (κ3) is 3.59. The van der Waals surface area contributed by atoms with E-state index < -0.39 is 11.7 Å². The third-order valence-electron chi connectivity index (χ3n) is 4.03. The summed E-state index contributed by atoms with van der Waals surface area (Å²) in [5.74, 6) is 0.887. The second kappa shape index (κ2) is 6.71. The number of nitrogens with one attached hydrogen (secondary N) is 2. The van der Waals surface area contributed by atoms with Gasteiger partial charge < -0.3 is 10.3 Å². The Morgan fingerprint density at radius 1 is 0.963 bits per heavy atom. The number of benzene rings is 1. The first kappa shape index (κ1) is 17.0. The molecule has 3 heterocycles. The van der Waals surface area contributed by atoms with Crippen LogP contribution in [0.1, 0.15) is 11.3 Å². The van der Waals surface area contributed by atoms with Gasteiger partial charge in [0.05, 0.1) is 23.3 Å². The number of hydrogen-bond donors (Lipinski definition) is 2. The number of hydrogen-bond acceptors (Lipinski definition) is 4. The van der Waals surface area contributed by atoms with E-state index in [2.05, 4.69) is 25.3 Å². The van der Waals surface area contributed by atoms with E-state index in [1.165, 1.54) is 6.07 Å². The van der Waals surface area contributed by atoms with Gasteiger partial charge in [-0.2, -0.15) is 13.2 Å². The zero-order chi connectivity index (χ0) is 18.9. The molecule has 0 radical (unpaired) electrons. The molecule has 4 aromatic rings. The summed E-state index contributed by atoms with van der Waals surface area (Å²) in [5, 5.41) is 3.17. The molecule has 136 valence electrons. The van der Waals surface area contributed by atoms with Crippen LogP contribution in [0.15, 0.2) is 60.9 Å². The minimum absolute atomic E-state index is 0.352. The number of fused-ring (bicyclic) bond motifs is 1. The lowest BCUT2D eigenvalue weighted by Gasteiger charge is -2.07. The molecule has 0 unspecified atom stereocenters. The summed E-state index contributed by atoms with van der Waals surface area (Å²) in [6.07, 6.45) is -1.10. The lowest BCUT2D eigenvalue weighted by atomic mass is 10.1. The Bertz CT molecular complexity index is 1070. The molecule has 0 fully saturated rings. The molecule has 2 N–H and O–H groups in total. The lowest BCUT2D eigenvalue weighted by Crippen LogP contribution is -2.04. The van der Waals surface area contributed by atoms with Crippen molar-refractivity contribution in [3.8, 4) is 11.4 Å². The average Bonchev–Trinajstić information content (AvgIpc) is 3.11. The van der Waals surface area contributed by atoms with Crippen molar-refractivity contribution in [3.63, 3.8) is 0 Å². The Labute approximate surface area is 152 Å². The fraction of sp³-hybridized carbons (Fsp3) is 0.105. The predicted molar refractivity (Wildman–Crippen MR) is 95.9 cm³/mol. The summed E-state index contributed by atoms with van der Waals surface area (Å²) >= 11 is 0. The first-order valence-corrected chi connectivity index (χ1v) is 8.17. The number of aromatic nitrogens is 4. The van der Waals surface area contributed by atoms with Gasteiger partial charge in [0, 0.05) is 18.0 Å². The van der Waals surface area contributed by atoms with Crippen LogP contribution in [0.3, 0.4) is 0 Å². The van der Waals surface area contributed by atoms with E-state index in [0.29, 0.717) is 34.8 Å². The SMILES string of the molecule is FC(F)(F)c1cccc(-c2nc3c(NCc4ccccn4)nccc3[nH]2)c1. The van der Waals surface area contributed by atoms with E-state index in [-0.39, 0.29) is 0 Å². The predicted octanol–water partition coefficient (Wildman–Crippen LogP) is 4.65. The largest absolute Gasteiger partial charge is 0.416 e. The minimum Gasteiger partial charge on any atom is -0.363 e. The van der Waals surface area contributed by atoms with Crippen LogP contribution in [0.25, 0.3) is 22.4 Å². The molecule has 5 nitrogen and oxygen atoms in total. The Morgan fingerprint density at radius 2 is 1.85 bits per heavy atom. The molecule has 4 rings (SSSR count). The molecule has 0 atom stereocenters. The number of halogens is 3. The summed E-state index contributed by atoms with van der Waals surface area (Å²) in [5.41, 5.74) is 1.72. The van der Waals surface area contributed by atoms with Gasteiger partial charge in [0.25, 0.3) is 0 Å². The van der Waals surface area contributed by atoms with Crippen LogP contribution in [0, 0.1) is 0 Å². The van der Waals surface area contributed by atoms with Crippen molar-refractivity contribution in [1.82, 2.24) is 19.9 Å². The molecule has 3 aromatic heterocycles. The van der Waals surface area contributed by atoms with Crippen molar-refractivity contribution >= 4 is 16.9 Å². The molecule has 0 aliphatic rings. The number of imidazole rings is 1. The number of rotatable bonds is 4. The smallest absolute Gasteiger partial charge is 0.363 e. The van der Waals surface area contributed by atoms with Crippen molar-refractivity contribution in [2.75, 3.05) is 5.32 Å². The molecule has 0 amide bonds. The van der Waals surface area contributed by atoms with Crippen molar-refractivity contribution in [2.45, 2.75) is 12.7 Å². The maximum atomic E-state index is 13.0. The minimum atomic E-state index is -4.40. The first-order valence-electron chi connectivity index (χ1n) is 8.17. The number of nitrogens with zero attached hydrogens (tertiary/aromatic N) is 3. The van der Waals surface area contributed by atoms with Crippen molar-refractivity contribution in [2.24, 2.45) is 0 Å². The van der Waals surface area contributed by atoms with Gasteiger partial charge in [-0.25, -0.2) is 9.97 Å². The topological polar surface area (TPSA) is 66.5 Å². The van der Waals surface area contributed by atoms with Crippen LogP contribution >= 0.6 is 0 Å². The highest BCUT2D eigenvalue weighted by Gasteiger charge is 2.30. The third-order valence-corrected chi connectivity index (χ3v) is 4.03. The van der Waals surface area contributed by atoms with E-state index in [1.807, 2.05) is 18.2 Å². The zero-order valence-electron chi connectivity index (χ0n) is 14.0. The van der Waals surface area contributed by atoms with Crippen LogP contribution in [-0.2, 0) is 12.7 Å². The highest BCUT2D eigenvalue weighted by molar-refractivity contribution is 5.88. The number of anilines is 1. The van der Waals surface area contributed by atoms with Crippen molar-refractivity contribution in [1.29, 1.82) is 0 Å².